The van der Waals surface area contributed by atoms with E-state index in [1.165, 1.54) is 69.0 Å². The van der Waals surface area contributed by atoms with Crippen LogP contribution in [0.1, 0.15) is 111 Å². The first kappa shape index (κ1) is 102. The van der Waals surface area contributed by atoms with Gasteiger partial charge in [-0.15, -0.1) is 28.2 Å². The quantitative estimate of drug-likeness (QED) is 0.0176. The molecule has 26 N–H and O–H groups in total. The highest BCUT2D eigenvalue weighted by molar-refractivity contribution is 8.01. The number of nitrogens with one attached hydrogen (secondary N) is 8. The number of likely N-dealkylation sites (N-methyl/N-ethyl adjacent to an activating group) is 1. The first-order valence-corrected chi connectivity index (χ1v) is 45.2. The second-order valence-electron chi connectivity index (χ2n) is 33.0. The van der Waals surface area contributed by atoms with Crippen molar-refractivity contribution in [1.82, 2.24) is 67.2 Å². The summed E-state index contributed by atoms with van der Waals surface area (Å²) in [6.45, 7) is 5.66. The van der Waals surface area contributed by atoms with Crippen LogP contribution in [0.3, 0.4) is 0 Å². The van der Waals surface area contributed by atoms with E-state index in [1.54, 1.807) is 0 Å². The minimum Gasteiger partial charge on any atom is -0.508 e. The number of nitrogens with two attached hydrogens (primary N) is 3. The molecule has 9 amide bonds. The summed E-state index contributed by atoms with van der Waals surface area (Å²) in [7, 11) is 4.20. The topological polar surface area (TPSA) is 746 Å². The molecule has 0 spiro atoms. The number of carbonyl (C=O) groups is 11. The van der Waals surface area contributed by atoms with E-state index in [2.05, 4.69) is 62.8 Å². The van der Waals surface area contributed by atoms with Crippen molar-refractivity contribution < 1.29 is 147 Å². The summed E-state index contributed by atoms with van der Waals surface area (Å²) in [5, 5.41) is 161. The third kappa shape index (κ3) is 21.9. The molecule has 7 aromatic rings. The fourth-order valence-electron chi connectivity index (χ4n) is 15.9. The van der Waals surface area contributed by atoms with E-state index < -0.39 is 278 Å². The number of aromatic hydroxyl groups is 4. The van der Waals surface area contributed by atoms with Crippen LogP contribution in [0.4, 0.5) is 5.13 Å². The van der Waals surface area contributed by atoms with Gasteiger partial charge in [-0.25, -0.2) is 19.3 Å². The lowest BCUT2D eigenvalue weighted by Crippen LogP contribution is -2.71. The predicted octanol–water partition coefficient (Wildman–Crippen LogP) is -1.09. The second kappa shape index (κ2) is 42.0. The molecule has 5 aromatic carbocycles. The van der Waals surface area contributed by atoms with Crippen molar-refractivity contribution >= 4 is 134 Å². The number of carboxylic acids is 2. The molecule has 3 fully saturated rings. The Morgan fingerprint density at radius 1 is 0.759 bits per heavy atom. The lowest BCUT2D eigenvalue weighted by molar-refractivity contribution is -0.333. The van der Waals surface area contributed by atoms with Gasteiger partial charge in [0.1, 0.15) is 119 Å². The average Bonchev–Trinajstić information content (AvgIpc) is 0.833. The third-order valence-electron chi connectivity index (χ3n) is 22.8. The zero-order chi connectivity index (χ0) is 99.7. The van der Waals surface area contributed by atoms with Gasteiger partial charge < -0.3 is 154 Å². The molecule has 732 valence electrons. The Labute approximate surface area is 796 Å². The molecule has 20 atom stereocenters. The molecule has 2 aromatic heterocycles. The lowest BCUT2D eigenvalue weighted by atomic mass is 9.86. The number of primary amides is 1. The standard InChI is InChI=1S/C66H75Cl2N9O24.C18H18N8O7S3/c1-23(2)12-34(71-5)58(88)76-49-51(83)26-7-10-38(32(67)14-26)97-40-16-28-17-41(55(40)101-65-56(54(86)53(85)42(22-78)99-65)100-44-21-66(4,70)57(87)24(3)96-44)98-39-11-8-27(15-33(39)68)52(84)50-63(93)75-48(64(94)95)31-18-29(79)19-37(81)45(31)30-13-25(6-9-36(30)80)46(60(90)77-50)74-61(91)47(28)73-59(89)35(20-43(69)82)72-62(49)92;1-25-18(22-12(28)13(29)23-25)36-4-6-3-34-15-9(14(30)26(15)10(6)16(31)32)21-11(27)8(24-33-2)7-5-35-17(19)20-7/h6-11,13-19,23-24,34-35,42,44,46-54,56-57,65,71,78-81,83-87H,12,20-22,70H2,1-5H3,(H2,69,82)(H,72,92)(H,73,89)(H,74,91)(H,75,93)(H,76,88)(H,77,90)(H,94,95);5,9,15H,3-4H2,1-2H3,(H2,19,20)(H,21,27)(H,23,29)(H,31,32)/b;24-8-/t24-,34+,35-,42+,44-,46+,47+,48+,49+,50-,51+,52+,53+,54-,56+,57?,65-,66-;9-,15-/m01/s1. The highest BCUT2D eigenvalue weighted by Gasteiger charge is 2.56. The molecule has 1 unspecified atom stereocenters. The molecule has 9 aliphatic rings. The molecule has 48 nitrogen and oxygen atoms in total. The van der Waals surface area contributed by atoms with Crippen LogP contribution in [-0.2, 0) is 78.8 Å². The number of oxime groups is 1. The number of nitrogen functional groups attached to an aromatic ring is 1. The van der Waals surface area contributed by atoms with Gasteiger partial charge in [0.25, 0.3) is 17.7 Å². The van der Waals surface area contributed by atoms with Gasteiger partial charge in [-0.1, -0.05) is 72.2 Å². The molecule has 9 aliphatic heterocycles. The number of carboxylic acid groups (broad SMARTS) is 2. The number of aliphatic hydroxyl groups excluding tert-OH is 6. The van der Waals surface area contributed by atoms with Crippen LogP contribution < -0.4 is 79.5 Å². The van der Waals surface area contributed by atoms with Gasteiger partial charge in [0.2, 0.25) is 53.4 Å². The second-order valence-corrected chi connectivity index (χ2v) is 36.7. The van der Waals surface area contributed by atoms with Gasteiger partial charge >= 0.3 is 17.5 Å². The van der Waals surface area contributed by atoms with E-state index in [-0.39, 0.29) is 85.1 Å². The number of aromatic nitrogens is 4. The van der Waals surface area contributed by atoms with E-state index in [0.29, 0.717) is 5.57 Å². The fraction of sp³-hybridized carbons (Fsp3) is 0.405. The van der Waals surface area contributed by atoms with E-state index in [0.717, 1.165) is 94.7 Å². The number of hydrogen-bond acceptors (Lipinski definition) is 39. The monoisotopic (exact) mass is 2000 g/mol. The van der Waals surface area contributed by atoms with Crippen molar-refractivity contribution in [3.63, 3.8) is 0 Å². The Hall–Kier alpha value is -12.8. The molecule has 0 aliphatic carbocycles. The molecule has 3 saturated heterocycles. The van der Waals surface area contributed by atoms with Gasteiger partial charge in [-0.2, -0.15) is 4.98 Å². The van der Waals surface area contributed by atoms with Gasteiger partial charge in [-0.3, -0.25) is 52.8 Å². The van der Waals surface area contributed by atoms with Crippen LogP contribution in [0.2, 0.25) is 10.0 Å². The summed E-state index contributed by atoms with van der Waals surface area (Å²) in [6, 6.07) is -1.67. The normalized spacial score (nSPS) is 26.8. The highest BCUT2D eigenvalue weighted by atomic mass is 35.5. The summed E-state index contributed by atoms with van der Waals surface area (Å²) in [5.41, 5.74) is 12.9. The van der Waals surface area contributed by atoms with Gasteiger partial charge in [-0.05, 0) is 116 Å². The molecule has 11 bridgehead atoms. The predicted molar refractivity (Wildman–Crippen MR) is 479 cm³/mol. The third-order valence-corrected chi connectivity index (χ3v) is 26.5. The Bertz CT molecular complexity index is 6070. The van der Waals surface area contributed by atoms with E-state index in [9.17, 15) is 104 Å². The van der Waals surface area contributed by atoms with Crippen molar-refractivity contribution in [2.75, 3.05) is 38.0 Å². The van der Waals surface area contributed by atoms with E-state index in [1.807, 2.05) is 13.8 Å². The maximum Gasteiger partial charge on any atom is 0.352 e. The molecular formula is C84H93Cl2N17O31S3. The van der Waals surface area contributed by atoms with Crippen LogP contribution in [0.15, 0.2) is 111 Å². The molecule has 0 saturated carbocycles. The van der Waals surface area contributed by atoms with Crippen molar-refractivity contribution in [2.24, 2.45) is 29.6 Å². The van der Waals surface area contributed by atoms with Crippen molar-refractivity contribution in [2.45, 2.75) is 173 Å². The number of thiazole rings is 1. The maximum atomic E-state index is 16.0. The Balaban J connectivity index is 0.000000366. The van der Waals surface area contributed by atoms with Crippen molar-refractivity contribution in [3.8, 4) is 63.0 Å². The SMILES string of the molecule is CN[C@H](CC(C)C)C(=O)N[C@H]1C(=O)N[C@@H](CC(N)=O)C(=O)N[C@H]2C(=O)N[C@H]3C(=O)N[C@H](C(=O)N[C@@H](C(=O)O)c4cc(O)cc(O)c4-c4cc3ccc4O)[C@H](O)c3ccc(c(Cl)c3)Oc3cc2cc(c3O[C@@H]2O[C@H](CO)[C@@H](O)[C@H](O)[C@H]2O[C@H]2C[C@](C)(N)C(O)[C@H](C)O2)Oc2ccc(cc2Cl)[C@H]1O.CO/N=C(\C(=O)N[C@@H]1C(=O)N2C(C(=O)O)=C(CSc3nc(=O)c(O)nn3C)CS[C@H]12)c1csc(N)n1. The number of fused-ring (bicyclic) bond motifs is 16. The minimum absolute atomic E-state index is 0.0975. The number of phenols is 3. The number of carbonyl (C=O) groups excluding carboxylic acids is 9. The average molecular weight is 2000 g/mol. The fourth-order valence-corrected chi connectivity index (χ4v) is 19.3. The smallest absolute Gasteiger partial charge is 0.352 e. The van der Waals surface area contributed by atoms with Gasteiger partial charge in [0.15, 0.2) is 45.9 Å². The molecule has 137 heavy (non-hydrogen) atoms. The summed E-state index contributed by atoms with van der Waals surface area (Å²) in [6.07, 6.45) is -18.6. The number of aliphatic hydroxyl groups is 6. The number of hydrogen-bond donors (Lipinski definition) is 23. The minimum atomic E-state index is -2.35. The number of halogens is 2. The zero-order valence-electron chi connectivity index (χ0n) is 72.9. The number of phenolic OH excluding ortho intramolecular Hbond substituents is 3. The first-order valence-electron chi connectivity index (χ1n) is 41.5. The van der Waals surface area contributed by atoms with Crippen LogP contribution in [0.5, 0.6) is 51.9 Å². The van der Waals surface area contributed by atoms with Crippen molar-refractivity contribution in [3.05, 3.63) is 149 Å². The first-order chi connectivity index (χ1) is 64.8. The number of aliphatic carboxylic acids is 2. The number of aryl methyl sites for hydroxylation is 1. The van der Waals surface area contributed by atoms with Gasteiger partial charge in [0.05, 0.1) is 41.3 Å². The number of rotatable bonds is 21. The Morgan fingerprint density at radius 2 is 1.40 bits per heavy atom. The van der Waals surface area contributed by atoms with E-state index in [4.69, 9.17) is 73.7 Å². The highest BCUT2D eigenvalue weighted by Crippen LogP contribution is 2.51. The van der Waals surface area contributed by atoms with E-state index >= 15 is 14.4 Å². The molecule has 16 rings (SSSR count). The number of thioether (sulfide) groups is 2. The van der Waals surface area contributed by atoms with Crippen LogP contribution >= 0.6 is 58.1 Å². The number of ether oxygens (including phenoxy) is 6. The number of nitrogens with zero attached hydrogens (tertiary/aromatic N) is 6. The van der Waals surface area contributed by atoms with Gasteiger partial charge in [0, 0.05) is 58.6 Å². The number of amides is 9. The molecule has 11 heterocycles. The molecule has 0 radical (unpaired) electrons. The summed E-state index contributed by atoms with van der Waals surface area (Å²) in [5.74, 6) is -19.0. The number of β-lactam (4-membered cyclic amide) rings is 1. The molecular weight excluding hydrogens is 1910 g/mol. The number of benzene rings is 5. The largest absolute Gasteiger partial charge is 0.508 e. The zero-order valence-corrected chi connectivity index (χ0v) is 76.9. The van der Waals surface area contributed by atoms with Crippen molar-refractivity contribution in [1.29, 1.82) is 0 Å². The summed E-state index contributed by atoms with van der Waals surface area (Å²) in [4.78, 5) is 180. The Kier molecular flexibility index (Phi) is 31.2. The molecule has 53 heteroatoms. The summed E-state index contributed by atoms with van der Waals surface area (Å²) >= 11 is 17.5. The van der Waals surface area contributed by atoms with Crippen LogP contribution in [0.25, 0.3) is 11.1 Å². The van der Waals surface area contributed by atoms with Crippen LogP contribution in [-0.4, -0.2) is 279 Å². The van der Waals surface area contributed by atoms with Crippen LogP contribution in [0, 0.1) is 5.92 Å². The number of anilines is 1. The maximum absolute atomic E-state index is 16.0. The summed E-state index contributed by atoms with van der Waals surface area (Å²) < 4.78 is 39.5. The Morgan fingerprint density at radius 3 is 2.00 bits per heavy atom. The lowest BCUT2D eigenvalue weighted by Gasteiger charge is -2.49.